The first-order chi connectivity index (χ1) is 17.0. The first-order valence-corrected chi connectivity index (χ1v) is 11.1. The van der Waals surface area contributed by atoms with Gasteiger partial charge in [0.25, 0.3) is 0 Å². The molecule has 0 aromatic rings. The summed E-state index contributed by atoms with van der Waals surface area (Å²) in [6.07, 6.45) is -0.697. The maximum absolute atomic E-state index is 12.9. The van der Waals surface area contributed by atoms with Gasteiger partial charge in [-0.1, -0.05) is 5.11 Å². The molecule has 16 nitrogen and oxygen atoms in total. The highest BCUT2D eigenvalue weighted by Crippen LogP contribution is 2.23. The lowest BCUT2D eigenvalue weighted by Crippen LogP contribution is -2.63. The summed E-state index contributed by atoms with van der Waals surface area (Å²) >= 11 is 0. The predicted molar refractivity (Wildman–Crippen MR) is 118 cm³/mol. The van der Waals surface area contributed by atoms with Gasteiger partial charge in [-0.05, 0) is 44.1 Å². The Morgan fingerprint density at radius 3 is 2.00 bits per heavy atom. The van der Waals surface area contributed by atoms with E-state index in [0.717, 1.165) is 0 Å². The first kappa shape index (κ1) is 29.8. The molecule has 1 fully saturated rings. The fourth-order valence-corrected chi connectivity index (χ4v) is 3.52. The molecule has 16 heteroatoms. The van der Waals surface area contributed by atoms with Crippen molar-refractivity contribution in [2.24, 2.45) is 5.11 Å². The van der Waals surface area contributed by atoms with Crippen molar-refractivity contribution in [3.63, 3.8) is 0 Å². The molecule has 0 spiro atoms. The number of nitrogens with zero attached hydrogens (tertiary/aromatic N) is 5. The van der Waals surface area contributed by atoms with Gasteiger partial charge >= 0.3 is 23.9 Å². The van der Waals surface area contributed by atoms with Crippen molar-refractivity contribution in [3.05, 3.63) is 10.4 Å². The van der Waals surface area contributed by atoms with E-state index in [9.17, 15) is 43.8 Å². The summed E-state index contributed by atoms with van der Waals surface area (Å²) in [4.78, 5) is 86.7. The van der Waals surface area contributed by atoms with E-state index in [1.54, 1.807) is 0 Å². The van der Waals surface area contributed by atoms with Crippen LogP contribution in [0.3, 0.4) is 0 Å². The standard InChI is InChI=1S/C20H28N6O10/c21-24-23-10-4-2-6-14(27)22-9-3-1-5-12(18(32)33)25-15(28)11-16(29)26(20(25)36)13(19(34)35)7-8-17(30)31/h12-13H,1-11H2,(H,22,27)(H,30,31)(H,32,33)(H,34,35)/t12-,13-/m0/s1. The van der Waals surface area contributed by atoms with Gasteiger partial charge in [0.1, 0.15) is 18.5 Å². The van der Waals surface area contributed by atoms with Gasteiger partial charge < -0.3 is 20.6 Å². The molecule has 1 rings (SSSR count). The number of nitrogens with one attached hydrogen (secondary N) is 1. The summed E-state index contributed by atoms with van der Waals surface area (Å²) < 4.78 is 0. The van der Waals surface area contributed by atoms with Crippen LogP contribution in [0.4, 0.5) is 4.79 Å². The Hall–Kier alpha value is -4.20. The molecule has 1 aliphatic rings. The molecular weight excluding hydrogens is 484 g/mol. The third-order valence-electron chi connectivity index (χ3n) is 5.28. The molecule has 1 aliphatic heterocycles. The third kappa shape index (κ3) is 9.21. The van der Waals surface area contributed by atoms with Gasteiger partial charge in [-0.15, -0.1) is 0 Å². The maximum Gasteiger partial charge on any atom is 0.335 e. The molecule has 0 aromatic heterocycles. The molecule has 0 unspecified atom stereocenters. The van der Waals surface area contributed by atoms with E-state index in [4.69, 9.17) is 10.6 Å². The fourth-order valence-electron chi connectivity index (χ4n) is 3.52. The number of imide groups is 2. The monoisotopic (exact) mass is 512 g/mol. The Morgan fingerprint density at radius 1 is 0.889 bits per heavy atom. The normalized spacial score (nSPS) is 15.2. The molecule has 198 valence electrons. The van der Waals surface area contributed by atoms with Crippen LogP contribution in [-0.2, 0) is 28.8 Å². The van der Waals surface area contributed by atoms with Gasteiger partial charge in [-0.2, -0.15) is 0 Å². The van der Waals surface area contributed by atoms with Crippen LogP contribution >= 0.6 is 0 Å². The number of carbonyl (C=O) groups excluding carboxylic acids is 4. The second-order valence-corrected chi connectivity index (χ2v) is 7.88. The molecule has 5 amide bonds. The van der Waals surface area contributed by atoms with E-state index >= 15 is 0 Å². The molecule has 0 aliphatic carbocycles. The number of rotatable bonds is 17. The molecule has 0 saturated carbocycles. The van der Waals surface area contributed by atoms with E-state index in [2.05, 4.69) is 15.3 Å². The molecule has 36 heavy (non-hydrogen) atoms. The van der Waals surface area contributed by atoms with Gasteiger partial charge in [-0.25, -0.2) is 24.2 Å². The van der Waals surface area contributed by atoms with Crippen LogP contribution in [0.25, 0.3) is 10.4 Å². The van der Waals surface area contributed by atoms with Gasteiger partial charge in [-0.3, -0.25) is 19.2 Å². The lowest BCUT2D eigenvalue weighted by Gasteiger charge is -2.38. The van der Waals surface area contributed by atoms with E-state index in [-0.39, 0.29) is 43.2 Å². The zero-order valence-corrected chi connectivity index (χ0v) is 19.4. The number of unbranched alkanes of at least 4 members (excludes halogenated alkanes) is 2. The Kier molecular flexibility index (Phi) is 12.4. The molecule has 0 radical (unpaired) electrons. The van der Waals surface area contributed by atoms with Crippen molar-refractivity contribution in [2.45, 2.75) is 69.9 Å². The first-order valence-electron chi connectivity index (χ1n) is 11.1. The average molecular weight is 512 g/mol. The van der Waals surface area contributed by atoms with Crippen molar-refractivity contribution in [1.29, 1.82) is 0 Å². The second-order valence-electron chi connectivity index (χ2n) is 7.88. The Labute approximate surface area is 204 Å². The molecule has 1 saturated heterocycles. The van der Waals surface area contributed by atoms with Crippen molar-refractivity contribution < 1.29 is 48.9 Å². The molecule has 1 heterocycles. The van der Waals surface area contributed by atoms with E-state index in [1.165, 1.54) is 0 Å². The van der Waals surface area contributed by atoms with Crippen LogP contribution < -0.4 is 5.32 Å². The molecule has 0 aromatic carbocycles. The minimum absolute atomic E-state index is 0.167. The minimum atomic E-state index is -1.88. The van der Waals surface area contributed by atoms with Crippen LogP contribution in [0, 0.1) is 0 Å². The molecule has 4 N–H and O–H groups in total. The van der Waals surface area contributed by atoms with Crippen LogP contribution in [0.2, 0.25) is 0 Å². The summed E-state index contributed by atoms with van der Waals surface area (Å²) in [6.45, 7) is 0.481. The van der Waals surface area contributed by atoms with Gasteiger partial charge in [0, 0.05) is 30.8 Å². The highest BCUT2D eigenvalue weighted by Gasteiger charge is 2.48. The number of carboxylic acids is 3. The van der Waals surface area contributed by atoms with Crippen LogP contribution in [0.15, 0.2) is 5.11 Å². The number of urea groups is 1. The zero-order chi connectivity index (χ0) is 27.3. The summed E-state index contributed by atoms with van der Waals surface area (Å²) in [6, 6.07) is -5.01. The van der Waals surface area contributed by atoms with Crippen molar-refractivity contribution in [1.82, 2.24) is 15.1 Å². The molecule has 2 atom stereocenters. The maximum atomic E-state index is 12.9. The van der Waals surface area contributed by atoms with Gasteiger partial charge in [0.05, 0.1) is 0 Å². The topological polar surface area (TPSA) is 247 Å². The van der Waals surface area contributed by atoms with E-state index in [0.29, 0.717) is 24.2 Å². The Balaban J connectivity index is 2.74. The van der Waals surface area contributed by atoms with E-state index in [1.807, 2.05) is 0 Å². The van der Waals surface area contributed by atoms with Crippen LogP contribution in [-0.4, -0.2) is 92.0 Å². The number of aliphatic carboxylic acids is 3. The van der Waals surface area contributed by atoms with Gasteiger partial charge in [0.15, 0.2) is 0 Å². The Morgan fingerprint density at radius 2 is 1.47 bits per heavy atom. The summed E-state index contributed by atoms with van der Waals surface area (Å²) in [5.41, 5.74) is 8.18. The number of barbiturate groups is 1. The smallest absolute Gasteiger partial charge is 0.335 e. The van der Waals surface area contributed by atoms with Gasteiger partial charge in [0.2, 0.25) is 17.7 Å². The van der Waals surface area contributed by atoms with Crippen molar-refractivity contribution in [3.8, 4) is 0 Å². The summed E-state index contributed by atoms with van der Waals surface area (Å²) in [5, 5.41) is 33.8. The lowest BCUT2D eigenvalue weighted by molar-refractivity contribution is -0.158. The number of hydrogen-bond donors (Lipinski definition) is 4. The molecular formula is C20H28N6O10. The van der Waals surface area contributed by atoms with Crippen molar-refractivity contribution in [2.75, 3.05) is 13.1 Å². The Bertz CT molecular complexity index is 932. The van der Waals surface area contributed by atoms with Crippen molar-refractivity contribution >= 4 is 41.7 Å². The summed E-state index contributed by atoms with van der Waals surface area (Å²) in [5.74, 6) is -7.10. The number of carbonyl (C=O) groups is 7. The highest BCUT2D eigenvalue weighted by molar-refractivity contribution is 6.16. The van der Waals surface area contributed by atoms with E-state index < -0.39 is 67.1 Å². The number of amides is 5. The third-order valence-corrected chi connectivity index (χ3v) is 5.28. The average Bonchev–Trinajstić information content (AvgIpc) is 2.78. The fraction of sp³-hybridized carbons (Fsp3) is 0.650. The SMILES string of the molecule is [N-]=[N+]=NCCCCC(=O)NCCCC[C@@H](C(=O)O)N1C(=O)CC(=O)N([C@@H](CCC(=O)O)C(=O)O)C1=O. The summed E-state index contributed by atoms with van der Waals surface area (Å²) in [7, 11) is 0. The number of hydrogen-bond acceptors (Lipinski definition) is 8. The second kappa shape index (κ2) is 14.9. The largest absolute Gasteiger partial charge is 0.481 e. The quantitative estimate of drug-likeness (QED) is 0.0698. The minimum Gasteiger partial charge on any atom is -0.481 e. The zero-order valence-electron chi connectivity index (χ0n) is 19.4. The van der Waals surface area contributed by atoms with Crippen LogP contribution in [0.5, 0.6) is 0 Å². The number of carboxylic acid groups (broad SMARTS) is 3. The highest BCUT2D eigenvalue weighted by atomic mass is 16.4. The number of azide groups is 1. The predicted octanol–water partition coefficient (Wildman–Crippen LogP) is 0.706. The lowest BCUT2D eigenvalue weighted by atomic mass is 10.0. The van der Waals surface area contributed by atoms with Crippen LogP contribution in [0.1, 0.15) is 57.8 Å². The molecule has 0 bridgehead atoms.